The molecule has 1 unspecified atom stereocenters. The molecule has 1 aliphatic rings. The Morgan fingerprint density at radius 3 is 3.06 bits per heavy atom. The van der Waals surface area contributed by atoms with E-state index in [-0.39, 0.29) is 0 Å². The summed E-state index contributed by atoms with van der Waals surface area (Å²) in [6.07, 6.45) is 4.94. The summed E-state index contributed by atoms with van der Waals surface area (Å²) in [5, 5.41) is 3.52. The maximum atomic E-state index is 5.47. The Morgan fingerprint density at radius 1 is 1.39 bits per heavy atom. The van der Waals surface area contributed by atoms with Gasteiger partial charge in [-0.1, -0.05) is 12.1 Å². The summed E-state index contributed by atoms with van der Waals surface area (Å²) in [4.78, 5) is 0. The zero-order valence-corrected chi connectivity index (χ0v) is 12.0. The number of nitrogens with one attached hydrogen (secondary N) is 1. The minimum Gasteiger partial charge on any atom is -0.468 e. The summed E-state index contributed by atoms with van der Waals surface area (Å²) in [6.45, 7) is 2.23. The maximum Gasteiger partial charge on any atom is 0.122 e. The summed E-state index contributed by atoms with van der Waals surface area (Å²) in [6, 6.07) is 9.19. The molecule has 0 aliphatic carbocycles. The molecule has 3 rings (SSSR count). The van der Waals surface area contributed by atoms with Gasteiger partial charge in [-0.25, -0.2) is 0 Å². The standard InChI is InChI=1S/C15H16BrNO/c1-10-2-4-12-8-11(3-5-14(12)17-10)9-15-13(16)6-7-18-15/h3,5-8,10,17H,2,4,9H2,1H3. The van der Waals surface area contributed by atoms with E-state index < -0.39 is 0 Å². The molecule has 0 radical (unpaired) electrons. The van der Waals surface area contributed by atoms with Gasteiger partial charge in [0.05, 0.1) is 10.7 Å². The molecule has 2 heterocycles. The van der Waals surface area contributed by atoms with Crippen molar-refractivity contribution in [3.63, 3.8) is 0 Å². The van der Waals surface area contributed by atoms with Gasteiger partial charge in [0.2, 0.25) is 0 Å². The first kappa shape index (κ1) is 11.8. The van der Waals surface area contributed by atoms with Gasteiger partial charge in [0.1, 0.15) is 5.76 Å². The van der Waals surface area contributed by atoms with Crippen LogP contribution < -0.4 is 5.32 Å². The lowest BCUT2D eigenvalue weighted by atomic mass is 9.96. The number of hydrogen-bond donors (Lipinski definition) is 1. The highest BCUT2D eigenvalue weighted by molar-refractivity contribution is 9.10. The fraction of sp³-hybridized carbons (Fsp3) is 0.333. The number of halogens is 1. The van der Waals surface area contributed by atoms with Gasteiger partial charge in [0.15, 0.2) is 0 Å². The normalized spacial score (nSPS) is 18.2. The highest BCUT2D eigenvalue weighted by Gasteiger charge is 2.14. The lowest BCUT2D eigenvalue weighted by Gasteiger charge is -2.24. The molecule has 1 aromatic heterocycles. The molecule has 0 fully saturated rings. The number of fused-ring (bicyclic) bond motifs is 1. The third kappa shape index (κ3) is 2.32. The van der Waals surface area contributed by atoms with Crippen molar-refractivity contribution in [1.82, 2.24) is 0 Å². The van der Waals surface area contributed by atoms with Crippen LogP contribution in [-0.4, -0.2) is 6.04 Å². The SMILES string of the molecule is CC1CCc2cc(Cc3occc3Br)ccc2N1. The largest absolute Gasteiger partial charge is 0.468 e. The molecule has 1 N–H and O–H groups in total. The first-order chi connectivity index (χ1) is 8.72. The number of rotatable bonds is 2. The smallest absolute Gasteiger partial charge is 0.122 e. The van der Waals surface area contributed by atoms with Crippen LogP contribution in [0, 0.1) is 0 Å². The van der Waals surface area contributed by atoms with Crippen molar-refractivity contribution in [1.29, 1.82) is 0 Å². The Bertz CT molecular complexity index is 561. The Hall–Kier alpha value is -1.22. The molecule has 94 valence electrons. The monoisotopic (exact) mass is 305 g/mol. The van der Waals surface area contributed by atoms with Gasteiger partial charge < -0.3 is 9.73 Å². The minimum atomic E-state index is 0.586. The molecule has 0 amide bonds. The molecule has 2 aromatic rings. The third-order valence-electron chi connectivity index (χ3n) is 3.47. The second kappa shape index (κ2) is 4.81. The third-order valence-corrected chi connectivity index (χ3v) is 4.18. The molecular formula is C15H16BrNO. The Balaban J connectivity index is 1.84. The van der Waals surface area contributed by atoms with Gasteiger partial charge in [-0.15, -0.1) is 0 Å². The van der Waals surface area contributed by atoms with Crippen LogP contribution in [0.15, 0.2) is 39.4 Å². The second-order valence-electron chi connectivity index (χ2n) is 4.94. The van der Waals surface area contributed by atoms with Crippen LogP contribution in [0.4, 0.5) is 5.69 Å². The zero-order valence-electron chi connectivity index (χ0n) is 10.4. The molecule has 18 heavy (non-hydrogen) atoms. The van der Waals surface area contributed by atoms with E-state index in [1.165, 1.54) is 23.2 Å². The van der Waals surface area contributed by atoms with E-state index >= 15 is 0 Å². The first-order valence-corrected chi connectivity index (χ1v) is 7.12. The molecule has 0 saturated carbocycles. The molecule has 0 bridgehead atoms. The molecule has 1 atom stereocenters. The highest BCUT2D eigenvalue weighted by atomic mass is 79.9. The number of furan rings is 1. The van der Waals surface area contributed by atoms with Crippen LogP contribution in [0.1, 0.15) is 30.2 Å². The van der Waals surface area contributed by atoms with Crippen LogP contribution in [0.5, 0.6) is 0 Å². The summed E-state index contributed by atoms with van der Waals surface area (Å²) in [5.74, 6) is 0.993. The molecule has 3 heteroatoms. The van der Waals surface area contributed by atoms with E-state index in [4.69, 9.17) is 4.42 Å². The van der Waals surface area contributed by atoms with Crippen molar-refractivity contribution in [2.24, 2.45) is 0 Å². The predicted molar refractivity (Wildman–Crippen MR) is 77.1 cm³/mol. The van der Waals surface area contributed by atoms with Gasteiger partial charge in [-0.2, -0.15) is 0 Å². The number of anilines is 1. The van der Waals surface area contributed by atoms with Crippen molar-refractivity contribution in [3.8, 4) is 0 Å². The predicted octanol–water partition coefficient (Wildman–Crippen LogP) is 4.38. The Morgan fingerprint density at radius 2 is 2.28 bits per heavy atom. The lowest BCUT2D eigenvalue weighted by Crippen LogP contribution is -2.21. The van der Waals surface area contributed by atoms with E-state index in [1.54, 1.807) is 6.26 Å². The summed E-state index contributed by atoms with van der Waals surface area (Å²) < 4.78 is 6.51. The van der Waals surface area contributed by atoms with Gasteiger partial charge in [-0.3, -0.25) is 0 Å². The van der Waals surface area contributed by atoms with Crippen LogP contribution in [-0.2, 0) is 12.8 Å². The second-order valence-corrected chi connectivity index (χ2v) is 5.80. The first-order valence-electron chi connectivity index (χ1n) is 6.32. The summed E-state index contributed by atoms with van der Waals surface area (Å²) in [7, 11) is 0. The molecule has 0 spiro atoms. The van der Waals surface area contributed by atoms with Crippen molar-refractivity contribution in [2.75, 3.05) is 5.32 Å². The maximum absolute atomic E-state index is 5.47. The van der Waals surface area contributed by atoms with Gasteiger partial charge in [0.25, 0.3) is 0 Å². The Kier molecular flexibility index (Phi) is 3.16. The van der Waals surface area contributed by atoms with Crippen LogP contribution in [0.25, 0.3) is 0 Å². The fourth-order valence-corrected chi connectivity index (χ4v) is 2.79. The van der Waals surface area contributed by atoms with Crippen molar-refractivity contribution >= 4 is 21.6 Å². The quantitative estimate of drug-likeness (QED) is 0.890. The lowest BCUT2D eigenvalue weighted by molar-refractivity contribution is 0.518. The average molecular weight is 306 g/mol. The van der Waals surface area contributed by atoms with E-state index in [9.17, 15) is 0 Å². The number of hydrogen-bond acceptors (Lipinski definition) is 2. The molecular weight excluding hydrogens is 290 g/mol. The van der Waals surface area contributed by atoms with Gasteiger partial charge in [0, 0.05) is 18.2 Å². The Labute approximate surface area is 116 Å². The van der Waals surface area contributed by atoms with Crippen molar-refractivity contribution in [3.05, 3.63) is 51.9 Å². The van der Waals surface area contributed by atoms with Crippen LogP contribution in [0.3, 0.4) is 0 Å². The summed E-state index contributed by atoms with van der Waals surface area (Å²) in [5.41, 5.74) is 4.02. The number of aryl methyl sites for hydroxylation is 1. The van der Waals surface area contributed by atoms with Gasteiger partial charge in [-0.05, 0) is 59.0 Å². The topological polar surface area (TPSA) is 25.2 Å². The minimum absolute atomic E-state index is 0.586. The average Bonchev–Trinajstić information content (AvgIpc) is 2.75. The highest BCUT2D eigenvalue weighted by Crippen LogP contribution is 2.28. The molecule has 2 nitrogen and oxygen atoms in total. The van der Waals surface area contributed by atoms with E-state index in [2.05, 4.69) is 46.4 Å². The van der Waals surface area contributed by atoms with Crippen LogP contribution >= 0.6 is 15.9 Å². The van der Waals surface area contributed by atoms with E-state index in [0.717, 1.165) is 23.1 Å². The molecule has 0 saturated heterocycles. The van der Waals surface area contributed by atoms with E-state index in [1.807, 2.05) is 6.07 Å². The van der Waals surface area contributed by atoms with Crippen LogP contribution in [0.2, 0.25) is 0 Å². The number of benzene rings is 1. The zero-order chi connectivity index (χ0) is 12.5. The summed E-state index contributed by atoms with van der Waals surface area (Å²) >= 11 is 3.50. The van der Waals surface area contributed by atoms with Gasteiger partial charge >= 0.3 is 0 Å². The molecule has 1 aliphatic heterocycles. The fourth-order valence-electron chi connectivity index (χ4n) is 2.45. The van der Waals surface area contributed by atoms with E-state index in [0.29, 0.717) is 6.04 Å². The molecule has 1 aromatic carbocycles. The van der Waals surface area contributed by atoms with Crippen molar-refractivity contribution < 1.29 is 4.42 Å². The van der Waals surface area contributed by atoms with Crippen molar-refractivity contribution in [2.45, 2.75) is 32.2 Å².